The van der Waals surface area contributed by atoms with E-state index in [4.69, 9.17) is 16.3 Å². The van der Waals surface area contributed by atoms with E-state index in [1.807, 2.05) is 19.9 Å². The van der Waals surface area contributed by atoms with Crippen molar-refractivity contribution in [3.63, 3.8) is 0 Å². The minimum absolute atomic E-state index is 0.00532. The molecular weight excluding hydrogens is 255 g/mol. The van der Waals surface area contributed by atoms with E-state index in [-0.39, 0.29) is 17.1 Å². The molecule has 1 heterocycles. The molecule has 0 atom stereocenters. The molecule has 1 aromatic heterocycles. The highest BCUT2D eigenvalue weighted by atomic mass is 35.5. The van der Waals surface area contributed by atoms with Gasteiger partial charge in [-0.2, -0.15) is 0 Å². The van der Waals surface area contributed by atoms with Crippen LogP contribution < -0.4 is 4.74 Å². The first-order chi connectivity index (χ1) is 8.58. The third-order valence-electron chi connectivity index (χ3n) is 2.22. The van der Waals surface area contributed by atoms with Crippen LogP contribution in [0.5, 0.6) is 5.75 Å². The fourth-order valence-corrected chi connectivity index (χ4v) is 1.69. The first-order valence-electron chi connectivity index (χ1n) is 5.52. The molecule has 0 N–H and O–H groups in total. The molecule has 3 nitrogen and oxygen atoms in total. The van der Waals surface area contributed by atoms with Crippen LogP contribution in [0.1, 0.15) is 13.8 Å². The number of ether oxygens (including phenoxy) is 1. The van der Waals surface area contributed by atoms with Gasteiger partial charge in [0.1, 0.15) is 11.4 Å². The van der Waals surface area contributed by atoms with E-state index in [1.54, 1.807) is 18.2 Å². The van der Waals surface area contributed by atoms with Crippen molar-refractivity contribution in [3.8, 4) is 17.0 Å². The number of nitrogens with zero attached hydrogens (tertiary/aromatic N) is 2. The summed E-state index contributed by atoms with van der Waals surface area (Å²) < 4.78 is 19.4. The largest absolute Gasteiger partial charge is 0.490 e. The van der Waals surface area contributed by atoms with Crippen molar-refractivity contribution < 1.29 is 9.13 Å². The van der Waals surface area contributed by atoms with Gasteiger partial charge < -0.3 is 4.74 Å². The Balaban J connectivity index is 2.53. The number of rotatable bonds is 3. The molecular formula is C13H12ClFN2O. The molecule has 0 radical (unpaired) electrons. The minimum Gasteiger partial charge on any atom is -0.490 e. The van der Waals surface area contributed by atoms with Crippen LogP contribution in [-0.4, -0.2) is 16.1 Å². The Kier molecular flexibility index (Phi) is 3.77. The van der Waals surface area contributed by atoms with Gasteiger partial charge >= 0.3 is 0 Å². The van der Waals surface area contributed by atoms with Crippen molar-refractivity contribution in [2.45, 2.75) is 20.0 Å². The normalized spacial score (nSPS) is 10.7. The Morgan fingerprint density at radius 2 is 2.00 bits per heavy atom. The second kappa shape index (κ2) is 5.31. The van der Waals surface area contributed by atoms with Gasteiger partial charge in [0.2, 0.25) is 5.28 Å². The maximum atomic E-state index is 13.7. The summed E-state index contributed by atoms with van der Waals surface area (Å²) in [5, 5.41) is 0.00532. The maximum Gasteiger partial charge on any atom is 0.223 e. The topological polar surface area (TPSA) is 35.0 Å². The van der Waals surface area contributed by atoms with E-state index < -0.39 is 5.82 Å². The van der Waals surface area contributed by atoms with E-state index in [1.165, 1.54) is 0 Å². The highest BCUT2D eigenvalue weighted by Crippen LogP contribution is 2.31. The van der Waals surface area contributed by atoms with Gasteiger partial charge in [-0.25, -0.2) is 14.4 Å². The van der Waals surface area contributed by atoms with Crippen LogP contribution in [0.4, 0.5) is 4.39 Å². The van der Waals surface area contributed by atoms with Crippen LogP contribution in [0.2, 0.25) is 5.28 Å². The first-order valence-corrected chi connectivity index (χ1v) is 5.90. The number of hydrogen-bond acceptors (Lipinski definition) is 3. The van der Waals surface area contributed by atoms with Crippen molar-refractivity contribution in [3.05, 3.63) is 41.6 Å². The molecule has 94 valence electrons. The third-order valence-corrected chi connectivity index (χ3v) is 2.40. The Morgan fingerprint density at radius 1 is 1.28 bits per heavy atom. The Bertz CT molecular complexity index is 560. The molecule has 18 heavy (non-hydrogen) atoms. The molecule has 0 saturated heterocycles. The van der Waals surface area contributed by atoms with Gasteiger partial charge in [0.25, 0.3) is 0 Å². The summed E-state index contributed by atoms with van der Waals surface area (Å²) in [6.07, 6.45) is 1.04. The quantitative estimate of drug-likeness (QED) is 0.794. The van der Waals surface area contributed by atoms with E-state index in [2.05, 4.69) is 9.97 Å². The van der Waals surface area contributed by atoms with Crippen molar-refractivity contribution in [1.82, 2.24) is 9.97 Å². The highest BCUT2D eigenvalue weighted by molar-refractivity contribution is 6.28. The lowest BCUT2D eigenvalue weighted by Gasteiger charge is -2.14. The van der Waals surface area contributed by atoms with Crippen LogP contribution in [0.15, 0.2) is 30.5 Å². The highest BCUT2D eigenvalue weighted by Gasteiger charge is 2.14. The molecule has 0 spiro atoms. The molecule has 2 aromatic rings. The molecule has 0 bridgehead atoms. The lowest BCUT2D eigenvalue weighted by atomic mass is 10.1. The summed E-state index contributed by atoms with van der Waals surface area (Å²) in [4.78, 5) is 7.50. The molecule has 0 aliphatic carbocycles. The number of halogens is 2. The Labute approximate surface area is 110 Å². The van der Waals surface area contributed by atoms with Gasteiger partial charge in [0.15, 0.2) is 5.82 Å². The summed E-state index contributed by atoms with van der Waals surface area (Å²) >= 11 is 5.70. The lowest BCUT2D eigenvalue weighted by Crippen LogP contribution is -2.07. The number of hydrogen-bond donors (Lipinski definition) is 0. The zero-order chi connectivity index (χ0) is 13.1. The monoisotopic (exact) mass is 266 g/mol. The second-order valence-electron chi connectivity index (χ2n) is 4.00. The SMILES string of the molecule is CC(C)Oc1ccccc1-c1nc(Cl)ncc1F. The maximum absolute atomic E-state index is 13.7. The zero-order valence-electron chi connectivity index (χ0n) is 10.0. The fraction of sp³-hybridized carbons (Fsp3) is 0.231. The number of aromatic nitrogens is 2. The summed E-state index contributed by atoms with van der Waals surface area (Å²) in [6.45, 7) is 3.81. The van der Waals surface area contributed by atoms with Gasteiger partial charge in [-0.05, 0) is 37.6 Å². The van der Waals surface area contributed by atoms with Gasteiger partial charge in [0.05, 0.1) is 12.3 Å². The van der Waals surface area contributed by atoms with Crippen molar-refractivity contribution >= 4 is 11.6 Å². The average Bonchev–Trinajstić information content (AvgIpc) is 2.32. The molecule has 0 aliphatic heterocycles. The van der Waals surface area contributed by atoms with Crippen LogP contribution in [-0.2, 0) is 0 Å². The smallest absolute Gasteiger partial charge is 0.223 e. The van der Waals surface area contributed by atoms with Crippen molar-refractivity contribution in [2.75, 3.05) is 0 Å². The van der Waals surface area contributed by atoms with Crippen LogP contribution in [0.3, 0.4) is 0 Å². The van der Waals surface area contributed by atoms with E-state index in [9.17, 15) is 4.39 Å². The molecule has 0 amide bonds. The van der Waals surface area contributed by atoms with Gasteiger partial charge in [-0.3, -0.25) is 0 Å². The van der Waals surface area contributed by atoms with Crippen LogP contribution in [0, 0.1) is 5.82 Å². The number of benzene rings is 1. The third kappa shape index (κ3) is 2.76. The lowest BCUT2D eigenvalue weighted by molar-refractivity contribution is 0.243. The molecule has 1 aromatic carbocycles. The molecule has 0 fully saturated rings. The Morgan fingerprint density at radius 3 is 2.72 bits per heavy atom. The van der Waals surface area contributed by atoms with E-state index >= 15 is 0 Å². The number of para-hydroxylation sites is 1. The average molecular weight is 267 g/mol. The summed E-state index contributed by atoms with van der Waals surface area (Å²) in [5.74, 6) is 0.0420. The summed E-state index contributed by atoms with van der Waals surface area (Å²) in [7, 11) is 0. The summed E-state index contributed by atoms with van der Waals surface area (Å²) in [5.41, 5.74) is 0.708. The molecule has 5 heteroatoms. The van der Waals surface area contributed by atoms with Crippen molar-refractivity contribution in [1.29, 1.82) is 0 Å². The molecule has 0 unspecified atom stereocenters. The van der Waals surface area contributed by atoms with Crippen LogP contribution >= 0.6 is 11.6 Å². The van der Waals surface area contributed by atoms with Gasteiger partial charge in [-0.15, -0.1) is 0 Å². The molecule has 2 rings (SSSR count). The van der Waals surface area contributed by atoms with Crippen LogP contribution in [0.25, 0.3) is 11.3 Å². The predicted molar refractivity (Wildman–Crippen MR) is 68.2 cm³/mol. The van der Waals surface area contributed by atoms with E-state index in [0.29, 0.717) is 11.3 Å². The van der Waals surface area contributed by atoms with Gasteiger partial charge in [0, 0.05) is 5.56 Å². The molecule has 0 saturated carbocycles. The molecule has 0 aliphatic rings. The standard InChI is InChI=1S/C13H12ClFN2O/c1-8(2)18-11-6-4-3-5-9(11)12-10(15)7-16-13(14)17-12/h3-8H,1-2H3. The Hall–Kier alpha value is -1.68. The van der Waals surface area contributed by atoms with Crippen molar-refractivity contribution in [2.24, 2.45) is 0 Å². The fourth-order valence-electron chi connectivity index (χ4n) is 1.55. The summed E-state index contributed by atoms with van der Waals surface area (Å²) in [6, 6.07) is 7.12. The van der Waals surface area contributed by atoms with Gasteiger partial charge in [-0.1, -0.05) is 12.1 Å². The second-order valence-corrected chi connectivity index (χ2v) is 4.34. The van der Waals surface area contributed by atoms with E-state index in [0.717, 1.165) is 6.20 Å². The first kappa shape index (κ1) is 12.8. The predicted octanol–water partition coefficient (Wildman–Crippen LogP) is 3.72. The minimum atomic E-state index is -0.529. The zero-order valence-corrected chi connectivity index (χ0v) is 10.8.